The summed E-state index contributed by atoms with van der Waals surface area (Å²) < 4.78 is 0. The average molecular weight is 213 g/mol. The maximum atomic E-state index is 11.9. The molecular weight excluding hydrogens is 194 g/mol. The number of nitrogens with two attached hydrogens (primary N) is 2. The molecule has 0 spiro atoms. The van der Waals surface area contributed by atoms with Gasteiger partial charge in [0.15, 0.2) is 0 Å². The molecule has 1 saturated heterocycles. The van der Waals surface area contributed by atoms with Crippen LogP contribution in [0.4, 0.5) is 0 Å². The third-order valence-corrected chi connectivity index (χ3v) is 2.91. The molecule has 5 nitrogen and oxygen atoms in total. The van der Waals surface area contributed by atoms with E-state index < -0.39 is 11.9 Å². The molecule has 4 N–H and O–H groups in total. The summed E-state index contributed by atoms with van der Waals surface area (Å²) in [6.45, 7) is 4.74. The van der Waals surface area contributed by atoms with Crippen LogP contribution in [-0.4, -0.2) is 34.8 Å². The molecule has 1 atom stereocenters. The zero-order valence-electron chi connectivity index (χ0n) is 9.32. The van der Waals surface area contributed by atoms with Gasteiger partial charge < -0.3 is 16.4 Å². The normalized spacial score (nSPS) is 21.4. The van der Waals surface area contributed by atoms with E-state index in [9.17, 15) is 9.59 Å². The number of hydrogen-bond acceptors (Lipinski definition) is 3. The van der Waals surface area contributed by atoms with E-state index in [1.807, 2.05) is 13.8 Å². The Morgan fingerprint density at radius 2 is 2.07 bits per heavy atom. The van der Waals surface area contributed by atoms with Gasteiger partial charge in [-0.3, -0.25) is 9.59 Å². The number of hydrogen-bond donors (Lipinski definition) is 2. The first-order chi connectivity index (χ1) is 6.84. The van der Waals surface area contributed by atoms with Crippen LogP contribution in [-0.2, 0) is 9.59 Å². The first-order valence-electron chi connectivity index (χ1n) is 5.20. The molecule has 0 bridgehead atoms. The van der Waals surface area contributed by atoms with Crippen molar-refractivity contribution >= 4 is 11.8 Å². The van der Waals surface area contributed by atoms with Gasteiger partial charge in [0.2, 0.25) is 11.8 Å². The zero-order chi connectivity index (χ0) is 11.6. The molecule has 0 aliphatic carbocycles. The van der Waals surface area contributed by atoms with Crippen LogP contribution in [0.15, 0.2) is 0 Å². The monoisotopic (exact) mass is 213 g/mol. The lowest BCUT2D eigenvalue weighted by atomic mass is 10.0. The summed E-state index contributed by atoms with van der Waals surface area (Å²) in [4.78, 5) is 24.3. The van der Waals surface area contributed by atoms with Crippen molar-refractivity contribution in [2.45, 2.75) is 44.7 Å². The SMILES string of the molecule is CC1(C)CCCN1C(=O)C(N)CC(N)=O. The third-order valence-electron chi connectivity index (χ3n) is 2.91. The number of primary amides is 1. The van der Waals surface area contributed by atoms with E-state index in [0.717, 1.165) is 19.4 Å². The lowest BCUT2D eigenvalue weighted by Gasteiger charge is -2.33. The first-order valence-corrected chi connectivity index (χ1v) is 5.20. The predicted molar refractivity (Wildman–Crippen MR) is 56.8 cm³/mol. The van der Waals surface area contributed by atoms with E-state index >= 15 is 0 Å². The van der Waals surface area contributed by atoms with Gasteiger partial charge in [0.25, 0.3) is 0 Å². The molecule has 0 aromatic carbocycles. The molecule has 5 heteroatoms. The number of carbonyl (C=O) groups excluding carboxylic acids is 2. The smallest absolute Gasteiger partial charge is 0.240 e. The Bertz CT molecular complexity index is 276. The Balaban J connectivity index is 2.64. The van der Waals surface area contributed by atoms with Gasteiger partial charge in [0, 0.05) is 12.1 Å². The van der Waals surface area contributed by atoms with Crippen molar-refractivity contribution in [3.63, 3.8) is 0 Å². The Morgan fingerprint density at radius 3 is 2.47 bits per heavy atom. The number of amides is 2. The molecule has 1 fully saturated rings. The van der Waals surface area contributed by atoms with Crippen molar-refractivity contribution in [1.82, 2.24) is 4.90 Å². The predicted octanol–water partition coefficient (Wildman–Crippen LogP) is -0.410. The minimum atomic E-state index is -0.792. The van der Waals surface area contributed by atoms with Gasteiger partial charge in [0.1, 0.15) is 0 Å². The van der Waals surface area contributed by atoms with E-state index in [1.54, 1.807) is 4.90 Å². The Morgan fingerprint density at radius 1 is 1.47 bits per heavy atom. The molecule has 2 amide bonds. The molecule has 0 aromatic rings. The number of rotatable bonds is 3. The maximum absolute atomic E-state index is 11.9. The highest BCUT2D eigenvalue weighted by molar-refractivity contribution is 5.88. The second-order valence-electron chi connectivity index (χ2n) is 4.68. The van der Waals surface area contributed by atoms with Gasteiger partial charge in [-0.25, -0.2) is 0 Å². The van der Waals surface area contributed by atoms with E-state index in [-0.39, 0.29) is 17.9 Å². The summed E-state index contributed by atoms with van der Waals surface area (Å²) >= 11 is 0. The number of carbonyl (C=O) groups is 2. The molecular formula is C10H19N3O2. The average Bonchev–Trinajstić information content (AvgIpc) is 2.42. The van der Waals surface area contributed by atoms with Crippen molar-refractivity contribution in [2.75, 3.05) is 6.54 Å². The second kappa shape index (κ2) is 4.18. The first kappa shape index (κ1) is 12.0. The molecule has 86 valence electrons. The summed E-state index contributed by atoms with van der Waals surface area (Å²) in [6, 6.07) is -0.792. The molecule has 1 unspecified atom stereocenters. The van der Waals surface area contributed by atoms with Crippen LogP contribution < -0.4 is 11.5 Å². The van der Waals surface area contributed by atoms with Crippen LogP contribution in [0.5, 0.6) is 0 Å². The van der Waals surface area contributed by atoms with Crippen LogP contribution in [0.3, 0.4) is 0 Å². The van der Waals surface area contributed by atoms with E-state index in [2.05, 4.69) is 0 Å². The topological polar surface area (TPSA) is 89.4 Å². The van der Waals surface area contributed by atoms with Crippen LogP contribution in [0.1, 0.15) is 33.1 Å². The van der Waals surface area contributed by atoms with Gasteiger partial charge >= 0.3 is 0 Å². The van der Waals surface area contributed by atoms with Crippen LogP contribution in [0, 0.1) is 0 Å². The van der Waals surface area contributed by atoms with Crippen molar-refractivity contribution in [3.05, 3.63) is 0 Å². The Hall–Kier alpha value is -1.10. The van der Waals surface area contributed by atoms with Crippen molar-refractivity contribution in [2.24, 2.45) is 11.5 Å². The van der Waals surface area contributed by atoms with Crippen molar-refractivity contribution < 1.29 is 9.59 Å². The summed E-state index contributed by atoms with van der Waals surface area (Å²) in [5.74, 6) is -0.704. The van der Waals surface area contributed by atoms with Crippen LogP contribution in [0.2, 0.25) is 0 Å². The summed E-state index contributed by atoms with van der Waals surface area (Å²) in [5, 5.41) is 0. The van der Waals surface area contributed by atoms with E-state index in [1.165, 1.54) is 0 Å². The molecule has 1 heterocycles. The molecule has 15 heavy (non-hydrogen) atoms. The molecule has 0 saturated carbocycles. The summed E-state index contributed by atoms with van der Waals surface area (Å²) in [5.41, 5.74) is 10.5. The largest absolute Gasteiger partial charge is 0.370 e. The minimum absolute atomic E-state index is 0.0780. The van der Waals surface area contributed by atoms with Gasteiger partial charge in [-0.2, -0.15) is 0 Å². The lowest BCUT2D eigenvalue weighted by molar-refractivity contribution is -0.137. The fourth-order valence-corrected chi connectivity index (χ4v) is 2.02. The highest BCUT2D eigenvalue weighted by atomic mass is 16.2. The van der Waals surface area contributed by atoms with Crippen LogP contribution >= 0.6 is 0 Å². The third kappa shape index (κ3) is 2.68. The maximum Gasteiger partial charge on any atom is 0.240 e. The fourth-order valence-electron chi connectivity index (χ4n) is 2.02. The highest BCUT2D eigenvalue weighted by Gasteiger charge is 2.37. The standard InChI is InChI=1S/C10H19N3O2/c1-10(2)4-3-5-13(10)9(15)7(11)6-8(12)14/h7H,3-6,11H2,1-2H3,(H2,12,14). The van der Waals surface area contributed by atoms with E-state index in [4.69, 9.17) is 11.5 Å². The van der Waals surface area contributed by atoms with Crippen molar-refractivity contribution in [3.8, 4) is 0 Å². The molecule has 0 radical (unpaired) electrons. The lowest BCUT2D eigenvalue weighted by Crippen LogP contribution is -2.51. The Kier molecular flexibility index (Phi) is 3.34. The van der Waals surface area contributed by atoms with Gasteiger partial charge in [-0.15, -0.1) is 0 Å². The van der Waals surface area contributed by atoms with Gasteiger partial charge in [-0.05, 0) is 26.7 Å². The molecule has 0 aromatic heterocycles. The van der Waals surface area contributed by atoms with Gasteiger partial charge in [-0.1, -0.05) is 0 Å². The van der Waals surface area contributed by atoms with Gasteiger partial charge in [0.05, 0.1) is 12.5 Å². The summed E-state index contributed by atoms with van der Waals surface area (Å²) in [6.07, 6.45) is 1.88. The summed E-state index contributed by atoms with van der Waals surface area (Å²) in [7, 11) is 0. The quantitative estimate of drug-likeness (QED) is 0.668. The molecule has 1 rings (SSSR count). The fraction of sp³-hybridized carbons (Fsp3) is 0.800. The molecule has 1 aliphatic rings. The van der Waals surface area contributed by atoms with Crippen LogP contribution in [0.25, 0.3) is 0 Å². The number of likely N-dealkylation sites (tertiary alicyclic amines) is 1. The zero-order valence-corrected chi connectivity index (χ0v) is 9.32. The second-order valence-corrected chi connectivity index (χ2v) is 4.68. The Labute approximate surface area is 89.8 Å². The number of nitrogens with zero attached hydrogens (tertiary/aromatic N) is 1. The van der Waals surface area contributed by atoms with E-state index in [0.29, 0.717) is 0 Å². The minimum Gasteiger partial charge on any atom is -0.370 e. The highest BCUT2D eigenvalue weighted by Crippen LogP contribution is 2.28. The molecule has 1 aliphatic heterocycles. The van der Waals surface area contributed by atoms with Crippen molar-refractivity contribution in [1.29, 1.82) is 0 Å².